The van der Waals surface area contributed by atoms with E-state index in [1.807, 2.05) is 25.1 Å². The number of aryl methyl sites for hydroxylation is 3. The maximum Gasteiger partial charge on any atom is 0.339 e. The molecule has 2 N–H and O–H groups in total. The van der Waals surface area contributed by atoms with Gasteiger partial charge >= 0.3 is 5.63 Å². The van der Waals surface area contributed by atoms with Gasteiger partial charge in [0.05, 0.1) is 5.39 Å². The van der Waals surface area contributed by atoms with E-state index < -0.39 is 0 Å². The van der Waals surface area contributed by atoms with Crippen molar-refractivity contribution in [3.8, 4) is 5.75 Å². The highest BCUT2D eigenvalue weighted by Gasteiger charge is 2.21. The van der Waals surface area contributed by atoms with Crippen molar-refractivity contribution >= 4 is 11.0 Å². The molecule has 1 aliphatic carbocycles. The zero-order valence-electron chi connectivity index (χ0n) is 15.2. The summed E-state index contributed by atoms with van der Waals surface area (Å²) in [5, 5.41) is 0.979. The lowest BCUT2D eigenvalue weighted by Gasteiger charge is -2.19. The molecule has 4 heteroatoms. The summed E-state index contributed by atoms with van der Waals surface area (Å²) in [4.78, 5) is 12.3. The van der Waals surface area contributed by atoms with Crippen LogP contribution in [0.1, 0.15) is 40.7 Å². The van der Waals surface area contributed by atoms with Gasteiger partial charge in [-0.15, -0.1) is 0 Å². The van der Waals surface area contributed by atoms with Crippen LogP contribution in [0.2, 0.25) is 0 Å². The molecule has 0 unspecified atom stereocenters. The third-order valence-electron chi connectivity index (χ3n) is 4.91. The van der Waals surface area contributed by atoms with Gasteiger partial charge in [0.15, 0.2) is 0 Å². The normalized spacial score (nSPS) is 13.2. The molecule has 0 amide bonds. The van der Waals surface area contributed by atoms with Crippen LogP contribution in [-0.2, 0) is 19.4 Å². The van der Waals surface area contributed by atoms with Crippen molar-refractivity contribution in [2.45, 2.75) is 46.1 Å². The van der Waals surface area contributed by atoms with Crippen molar-refractivity contribution in [1.29, 1.82) is 0 Å². The Balaban J connectivity index is 0.00000196. The van der Waals surface area contributed by atoms with E-state index in [4.69, 9.17) is 9.15 Å². The van der Waals surface area contributed by atoms with Crippen LogP contribution in [0.3, 0.4) is 0 Å². The highest BCUT2D eigenvalue weighted by Crippen LogP contribution is 2.35. The van der Waals surface area contributed by atoms with Crippen molar-refractivity contribution in [2.75, 3.05) is 0 Å². The quantitative estimate of drug-likeness (QED) is 0.668. The van der Waals surface area contributed by atoms with Gasteiger partial charge in [0, 0.05) is 5.56 Å². The van der Waals surface area contributed by atoms with E-state index in [1.54, 1.807) is 0 Å². The minimum atomic E-state index is -0.183. The molecule has 0 fully saturated rings. The SMILES string of the molecule is Cc1cccc(COc2cc(C)cc3oc(=O)c4c(c23)CCCC4)c1.O. The van der Waals surface area contributed by atoms with Gasteiger partial charge in [-0.2, -0.15) is 0 Å². The fourth-order valence-electron chi connectivity index (χ4n) is 3.74. The average molecular weight is 352 g/mol. The third kappa shape index (κ3) is 3.37. The Morgan fingerprint density at radius 2 is 1.77 bits per heavy atom. The monoisotopic (exact) mass is 352 g/mol. The minimum Gasteiger partial charge on any atom is -0.488 e. The molecule has 0 aliphatic heterocycles. The van der Waals surface area contributed by atoms with E-state index >= 15 is 0 Å². The fraction of sp³-hybridized carbons (Fsp3) is 0.318. The van der Waals surface area contributed by atoms with Crippen LogP contribution in [0.15, 0.2) is 45.6 Å². The molecule has 4 nitrogen and oxygen atoms in total. The molecular formula is C22H24O4. The average Bonchev–Trinajstić information content (AvgIpc) is 2.59. The molecule has 4 rings (SSSR count). The summed E-state index contributed by atoms with van der Waals surface area (Å²) in [6.07, 6.45) is 3.88. The Morgan fingerprint density at radius 3 is 2.54 bits per heavy atom. The molecular weight excluding hydrogens is 328 g/mol. The van der Waals surface area contributed by atoms with Crippen LogP contribution in [0.5, 0.6) is 5.75 Å². The molecule has 0 saturated heterocycles. The first kappa shape index (κ1) is 18.2. The van der Waals surface area contributed by atoms with Gasteiger partial charge in [-0.25, -0.2) is 4.79 Å². The Labute approximate surface area is 152 Å². The van der Waals surface area contributed by atoms with Crippen molar-refractivity contribution in [2.24, 2.45) is 0 Å². The first-order chi connectivity index (χ1) is 12.1. The largest absolute Gasteiger partial charge is 0.488 e. The van der Waals surface area contributed by atoms with Gasteiger partial charge in [-0.3, -0.25) is 0 Å². The van der Waals surface area contributed by atoms with Gasteiger partial charge in [0.25, 0.3) is 0 Å². The maximum absolute atomic E-state index is 12.3. The van der Waals surface area contributed by atoms with E-state index in [-0.39, 0.29) is 11.1 Å². The molecule has 0 saturated carbocycles. The molecule has 0 spiro atoms. The van der Waals surface area contributed by atoms with Crippen LogP contribution >= 0.6 is 0 Å². The van der Waals surface area contributed by atoms with E-state index in [0.717, 1.165) is 59.1 Å². The van der Waals surface area contributed by atoms with Gasteiger partial charge in [-0.05, 0) is 68.4 Å². The van der Waals surface area contributed by atoms with Gasteiger partial charge < -0.3 is 14.6 Å². The highest BCUT2D eigenvalue weighted by atomic mass is 16.5. The molecule has 1 aromatic heterocycles. The van der Waals surface area contributed by atoms with Gasteiger partial charge in [0.1, 0.15) is 17.9 Å². The van der Waals surface area contributed by atoms with Crippen LogP contribution < -0.4 is 10.4 Å². The van der Waals surface area contributed by atoms with Crippen LogP contribution in [0.25, 0.3) is 11.0 Å². The Bertz CT molecular complexity index is 1000. The lowest BCUT2D eigenvalue weighted by molar-refractivity contribution is 0.309. The molecule has 3 aromatic rings. The minimum absolute atomic E-state index is 0. The summed E-state index contributed by atoms with van der Waals surface area (Å²) >= 11 is 0. The van der Waals surface area contributed by atoms with Crippen molar-refractivity contribution in [3.63, 3.8) is 0 Å². The number of rotatable bonds is 3. The van der Waals surface area contributed by atoms with Crippen LogP contribution in [-0.4, -0.2) is 5.48 Å². The van der Waals surface area contributed by atoms with E-state index in [9.17, 15) is 4.79 Å². The summed E-state index contributed by atoms with van der Waals surface area (Å²) < 4.78 is 11.8. The zero-order chi connectivity index (χ0) is 17.4. The van der Waals surface area contributed by atoms with Gasteiger partial charge in [0.2, 0.25) is 0 Å². The first-order valence-electron chi connectivity index (χ1n) is 8.89. The Hall–Kier alpha value is -2.59. The predicted molar refractivity (Wildman–Crippen MR) is 103 cm³/mol. The molecule has 2 aromatic carbocycles. The van der Waals surface area contributed by atoms with Crippen LogP contribution in [0.4, 0.5) is 0 Å². The van der Waals surface area contributed by atoms with Crippen LogP contribution in [0, 0.1) is 13.8 Å². The zero-order valence-corrected chi connectivity index (χ0v) is 15.2. The van der Waals surface area contributed by atoms with Crippen molar-refractivity contribution < 1.29 is 14.6 Å². The number of ether oxygens (including phenoxy) is 1. The number of hydrogen-bond donors (Lipinski definition) is 0. The van der Waals surface area contributed by atoms with Crippen molar-refractivity contribution in [1.82, 2.24) is 0 Å². The van der Waals surface area contributed by atoms with E-state index in [2.05, 4.69) is 25.1 Å². The fourth-order valence-corrected chi connectivity index (χ4v) is 3.74. The molecule has 0 radical (unpaired) electrons. The lowest BCUT2D eigenvalue weighted by atomic mass is 9.90. The van der Waals surface area contributed by atoms with Gasteiger partial charge in [-0.1, -0.05) is 29.8 Å². The Kier molecular flexibility index (Phi) is 5.14. The van der Waals surface area contributed by atoms with E-state index in [1.165, 1.54) is 5.56 Å². The lowest BCUT2D eigenvalue weighted by Crippen LogP contribution is -2.16. The Morgan fingerprint density at radius 1 is 1.00 bits per heavy atom. The first-order valence-corrected chi connectivity index (χ1v) is 8.89. The summed E-state index contributed by atoms with van der Waals surface area (Å²) in [6.45, 7) is 4.59. The summed E-state index contributed by atoms with van der Waals surface area (Å²) in [7, 11) is 0. The third-order valence-corrected chi connectivity index (χ3v) is 4.91. The van der Waals surface area contributed by atoms with Crippen molar-refractivity contribution in [3.05, 3.63) is 74.6 Å². The molecule has 0 atom stereocenters. The second-order valence-corrected chi connectivity index (χ2v) is 6.97. The second kappa shape index (κ2) is 7.34. The predicted octanol–water partition coefficient (Wildman–Crippen LogP) is 4.04. The topological polar surface area (TPSA) is 70.9 Å². The number of hydrogen-bond acceptors (Lipinski definition) is 3. The molecule has 1 aliphatic rings. The maximum atomic E-state index is 12.3. The number of benzene rings is 2. The summed E-state index contributed by atoms with van der Waals surface area (Å²) in [5.41, 5.74) is 5.81. The molecule has 136 valence electrons. The molecule has 0 bridgehead atoms. The highest BCUT2D eigenvalue weighted by molar-refractivity contribution is 5.88. The summed E-state index contributed by atoms with van der Waals surface area (Å²) in [5.74, 6) is 0.818. The number of fused-ring (bicyclic) bond motifs is 3. The smallest absolute Gasteiger partial charge is 0.339 e. The molecule has 1 heterocycles. The van der Waals surface area contributed by atoms with E-state index in [0.29, 0.717) is 12.2 Å². The second-order valence-electron chi connectivity index (χ2n) is 6.97. The summed E-state index contributed by atoms with van der Waals surface area (Å²) in [6, 6.07) is 12.3. The molecule has 26 heavy (non-hydrogen) atoms. The standard InChI is InChI=1S/C22H22O3.H2O/c1-14-6-5-7-16(10-14)13-24-19-11-15(2)12-20-21(19)17-8-3-4-9-18(17)22(23)25-20;/h5-7,10-12H,3-4,8-9,13H2,1-2H3;1H2.